The van der Waals surface area contributed by atoms with Gasteiger partial charge in [-0.3, -0.25) is 0 Å². The monoisotopic (exact) mass is 207 g/mol. The fourth-order valence-electron chi connectivity index (χ4n) is 1.86. The van der Waals surface area contributed by atoms with E-state index in [9.17, 15) is 0 Å². The molecule has 1 saturated carbocycles. The van der Waals surface area contributed by atoms with Gasteiger partial charge in [-0.15, -0.1) is 0 Å². The summed E-state index contributed by atoms with van der Waals surface area (Å²) in [5, 5.41) is 13.3. The molecule has 14 heavy (non-hydrogen) atoms. The van der Waals surface area contributed by atoms with Crippen molar-refractivity contribution in [2.75, 3.05) is 5.32 Å². The average Bonchev–Trinajstić information content (AvgIpc) is 2.77. The number of aromatic nitrogens is 1. The van der Waals surface area contributed by atoms with Crippen LogP contribution >= 0.6 is 11.5 Å². The van der Waals surface area contributed by atoms with E-state index >= 15 is 0 Å². The van der Waals surface area contributed by atoms with Crippen molar-refractivity contribution in [3.05, 3.63) is 11.3 Å². The highest BCUT2D eigenvalue weighted by Crippen LogP contribution is 2.28. The minimum atomic E-state index is 0.557. The number of rotatable bonds is 2. The van der Waals surface area contributed by atoms with Crippen molar-refractivity contribution in [3.63, 3.8) is 0 Å². The molecule has 74 valence electrons. The Morgan fingerprint density at radius 2 is 2.21 bits per heavy atom. The van der Waals surface area contributed by atoms with E-state index in [1.807, 2.05) is 6.92 Å². The molecule has 0 aliphatic heterocycles. The lowest BCUT2D eigenvalue weighted by Crippen LogP contribution is -2.14. The molecule has 0 unspecified atom stereocenters. The summed E-state index contributed by atoms with van der Waals surface area (Å²) < 4.78 is 4.19. The van der Waals surface area contributed by atoms with Gasteiger partial charge in [0.25, 0.3) is 0 Å². The van der Waals surface area contributed by atoms with Crippen LogP contribution in [0, 0.1) is 18.3 Å². The van der Waals surface area contributed by atoms with E-state index in [1.54, 1.807) is 0 Å². The molecule has 1 aromatic heterocycles. The molecule has 1 aliphatic rings. The van der Waals surface area contributed by atoms with Gasteiger partial charge < -0.3 is 5.32 Å². The highest BCUT2D eigenvalue weighted by atomic mass is 32.1. The zero-order chi connectivity index (χ0) is 9.97. The normalized spacial score (nSPS) is 16.9. The van der Waals surface area contributed by atoms with E-state index in [0.29, 0.717) is 6.04 Å². The molecular weight excluding hydrogens is 194 g/mol. The van der Waals surface area contributed by atoms with Gasteiger partial charge in [0.2, 0.25) is 0 Å². The summed E-state index contributed by atoms with van der Waals surface area (Å²) in [5.41, 5.74) is 1.57. The molecule has 0 radical (unpaired) electrons. The quantitative estimate of drug-likeness (QED) is 0.811. The number of nitriles is 1. The fraction of sp³-hybridized carbons (Fsp3) is 0.600. The standard InChI is InChI=1S/C10H13N3S/c1-7-9(6-11)10(14-13-7)12-8-4-2-3-5-8/h8,12H,2-5H2,1H3. The molecule has 4 heteroatoms. The Kier molecular flexibility index (Phi) is 2.69. The molecule has 0 bridgehead atoms. The van der Waals surface area contributed by atoms with Gasteiger partial charge in [0.05, 0.1) is 5.69 Å². The van der Waals surface area contributed by atoms with Gasteiger partial charge in [-0.05, 0) is 31.3 Å². The predicted octanol–water partition coefficient (Wildman–Crippen LogP) is 2.68. The lowest BCUT2D eigenvalue weighted by atomic mass is 10.2. The summed E-state index contributed by atoms with van der Waals surface area (Å²) in [6.45, 7) is 1.88. The van der Waals surface area contributed by atoms with Crippen LogP contribution in [-0.4, -0.2) is 10.4 Å². The smallest absolute Gasteiger partial charge is 0.127 e. The number of aryl methyl sites for hydroxylation is 1. The molecule has 1 aromatic rings. The van der Waals surface area contributed by atoms with Gasteiger partial charge >= 0.3 is 0 Å². The molecule has 3 nitrogen and oxygen atoms in total. The maximum Gasteiger partial charge on any atom is 0.127 e. The van der Waals surface area contributed by atoms with Crippen molar-refractivity contribution in [2.24, 2.45) is 0 Å². The fourth-order valence-corrected chi connectivity index (χ4v) is 2.68. The van der Waals surface area contributed by atoms with Crippen molar-refractivity contribution >= 4 is 16.5 Å². The number of nitrogens with zero attached hydrogens (tertiary/aromatic N) is 2. The zero-order valence-corrected chi connectivity index (χ0v) is 9.02. The first kappa shape index (κ1) is 9.47. The summed E-state index contributed by atoms with van der Waals surface area (Å²) in [6.07, 6.45) is 5.05. The van der Waals surface area contributed by atoms with Gasteiger partial charge in [-0.25, -0.2) is 0 Å². The van der Waals surface area contributed by atoms with Crippen LogP contribution in [0.2, 0.25) is 0 Å². The SMILES string of the molecule is Cc1nsc(NC2CCCC2)c1C#N. The number of anilines is 1. The molecule has 1 heterocycles. The molecule has 2 rings (SSSR count). The molecule has 1 N–H and O–H groups in total. The summed E-state index contributed by atoms with van der Waals surface area (Å²) in [5.74, 6) is 0. The van der Waals surface area contributed by atoms with Crippen LogP contribution in [0.5, 0.6) is 0 Å². The van der Waals surface area contributed by atoms with E-state index in [0.717, 1.165) is 16.3 Å². The van der Waals surface area contributed by atoms with Crippen LogP contribution in [-0.2, 0) is 0 Å². The molecule has 0 aromatic carbocycles. The van der Waals surface area contributed by atoms with Crippen molar-refractivity contribution in [1.82, 2.24) is 4.37 Å². The molecule has 0 amide bonds. The Labute approximate surface area is 87.9 Å². The van der Waals surface area contributed by atoms with Crippen molar-refractivity contribution < 1.29 is 0 Å². The van der Waals surface area contributed by atoms with E-state index in [1.165, 1.54) is 37.2 Å². The van der Waals surface area contributed by atoms with Gasteiger partial charge in [0, 0.05) is 6.04 Å². The number of hydrogen-bond donors (Lipinski definition) is 1. The summed E-state index contributed by atoms with van der Waals surface area (Å²) in [4.78, 5) is 0. The first-order valence-electron chi connectivity index (χ1n) is 4.94. The van der Waals surface area contributed by atoms with Gasteiger partial charge in [-0.1, -0.05) is 12.8 Å². The second kappa shape index (κ2) is 3.97. The third-order valence-electron chi connectivity index (χ3n) is 2.66. The Morgan fingerprint density at radius 1 is 1.50 bits per heavy atom. The van der Waals surface area contributed by atoms with E-state index in [-0.39, 0.29) is 0 Å². The van der Waals surface area contributed by atoms with Crippen LogP contribution < -0.4 is 5.32 Å². The summed E-state index contributed by atoms with van der Waals surface area (Å²) in [6, 6.07) is 2.76. The van der Waals surface area contributed by atoms with Crippen LogP contribution in [0.3, 0.4) is 0 Å². The van der Waals surface area contributed by atoms with E-state index in [4.69, 9.17) is 5.26 Å². The van der Waals surface area contributed by atoms with Crippen LogP contribution in [0.15, 0.2) is 0 Å². The second-order valence-corrected chi connectivity index (χ2v) is 4.48. The van der Waals surface area contributed by atoms with Crippen molar-refractivity contribution in [2.45, 2.75) is 38.6 Å². The lowest BCUT2D eigenvalue weighted by molar-refractivity contribution is 0.758. The molecule has 0 saturated heterocycles. The number of nitrogens with one attached hydrogen (secondary N) is 1. The first-order chi connectivity index (χ1) is 6.81. The third-order valence-corrected chi connectivity index (χ3v) is 3.53. The highest BCUT2D eigenvalue weighted by Gasteiger charge is 2.18. The predicted molar refractivity (Wildman–Crippen MR) is 57.4 cm³/mol. The Hall–Kier alpha value is -1.08. The second-order valence-electron chi connectivity index (χ2n) is 3.71. The van der Waals surface area contributed by atoms with E-state index < -0.39 is 0 Å². The lowest BCUT2D eigenvalue weighted by Gasteiger charge is -2.10. The zero-order valence-electron chi connectivity index (χ0n) is 8.21. The van der Waals surface area contributed by atoms with Crippen molar-refractivity contribution in [1.29, 1.82) is 5.26 Å². The maximum atomic E-state index is 8.94. The summed E-state index contributed by atoms with van der Waals surface area (Å²) >= 11 is 1.40. The van der Waals surface area contributed by atoms with Crippen LogP contribution in [0.25, 0.3) is 0 Å². The highest BCUT2D eigenvalue weighted by molar-refractivity contribution is 7.10. The molecule has 1 aliphatic carbocycles. The molecule has 1 fully saturated rings. The largest absolute Gasteiger partial charge is 0.372 e. The maximum absolute atomic E-state index is 8.94. The van der Waals surface area contributed by atoms with Crippen LogP contribution in [0.4, 0.5) is 5.00 Å². The molecular formula is C10H13N3S. The Morgan fingerprint density at radius 3 is 2.86 bits per heavy atom. The molecule has 0 atom stereocenters. The van der Waals surface area contributed by atoms with Gasteiger partial charge in [0.1, 0.15) is 16.6 Å². The van der Waals surface area contributed by atoms with E-state index in [2.05, 4.69) is 15.8 Å². The summed E-state index contributed by atoms with van der Waals surface area (Å²) in [7, 11) is 0. The topological polar surface area (TPSA) is 48.7 Å². The minimum Gasteiger partial charge on any atom is -0.372 e. The van der Waals surface area contributed by atoms with Gasteiger partial charge in [0.15, 0.2) is 0 Å². The Balaban J connectivity index is 2.12. The average molecular weight is 207 g/mol. The molecule has 0 spiro atoms. The number of hydrogen-bond acceptors (Lipinski definition) is 4. The first-order valence-corrected chi connectivity index (χ1v) is 5.71. The third kappa shape index (κ3) is 1.73. The van der Waals surface area contributed by atoms with Crippen LogP contribution in [0.1, 0.15) is 36.9 Å². The van der Waals surface area contributed by atoms with Gasteiger partial charge in [-0.2, -0.15) is 9.64 Å². The Bertz CT molecular complexity index is 358. The van der Waals surface area contributed by atoms with Crippen molar-refractivity contribution in [3.8, 4) is 6.07 Å². The minimum absolute atomic E-state index is 0.557.